The first-order valence-electron chi connectivity index (χ1n) is 11.2. The molecule has 3 nitrogen and oxygen atoms in total. The quantitative estimate of drug-likeness (QED) is 0.310. The molecular formula is C28H28F2O3. The Morgan fingerprint density at radius 2 is 1.55 bits per heavy atom. The Hall–Kier alpha value is -3.05. The number of ether oxygens (including phenoxy) is 2. The van der Waals surface area contributed by atoms with Crippen molar-refractivity contribution in [1.82, 2.24) is 0 Å². The molecule has 1 fully saturated rings. The average Bonchev–Trinajstić information content (AvgIpc) is 2.78. The molecule has 0 saturated carbocycles. The van der Waals surface area contributed by atoms with E-state index in [9.17, 15) is 13.6 Å². The Morgan fingerprint density at radius 1 is 0.939 bits per heavy atom. The normalized spacial score (nSPS) is 18.2. The van der Waals surface area contributed by atoms with Crippen LogP contribution in [0.1, 0.15) is 58.5 Å². The molecule has 0 radical (unpaired) electrons. The fraction of sp³-hybridized carbons (Fsp3) is 0.321. The smallest absolute Gasteiger partial charge is 0.343 e. The van der Waals surface area contributed by atoms with Crippen LogP contribution in [-0.2, 0) is 4.74 Å². The van der Waals surface area contributed by atoms with E-state index in [0.29, 0.717) is 11.5 Å². The molecule has 2 unspecified atom stereocenters. The molecule has 0 bridgehead atoms. The number of aryl methyl sites for hydroxylation is 2. The summed E-state index contributed by atoms with van der Waals surface area (Å²) in [6, 6.07) is 13.4. The largest absolute Gasteiger partial charge is 0.423 e. The van der Waals surface area contributed by atoms with Crippen LogP contribution in [0.4, 0.5) is 8.78 Å². The molecule has 172 valence electrons. The summed E-state index contributed by atoms with van der Waals surface area (Å²) in [5.41, 5.74) is 5.79. The second-order valence-electron chi connectivity index (χ2n) is 9.01. The van der Waals surface area contributed by atoms with Gasteiger partial charge in [-0.05, 0) is 79.5 Å². The molecule has 0 amide bonds. The van der Waals surface area contributed by atoms with E-state index in [4.69, 9.17) is 9.47 Å². The zero-order valence-corrected chi connectivity index (χ0v) is 19.4. The molecule has 1 aliphatic heterocycles. The third-order valence-electron chi connectivity index (χ3n) is 6.30. The van der Waals surface area contributed by atoms with Crippen LogP contribution in [0, 0.1) is 38.3 Å². The topological polar surface area (TPSA) is 35.5 Å². The monoisotopic (exact) mass is 450 g/mol. The van der Waals surface area contributed by atoms with Crippen LogP contribution in [0.15, 0.2) is 48.5 Å². The maximum atomic E-state index is 13.7. The van der Waals surface area contributed by atoms with E-state index in [1.54, 1.807) is 12.1 Å². The van der Waals surface area contributed by atoms with Gasteiger partial charge in [-0.15, -0.1) is 0 Å². The van der Waals surface area contributed by atoms with Crippen molar-refractivity contribution in [3.8, 4) is 16.9 Å². The molecule has 0 aromatic heterocycles. The van der Waals surface area contributed by atoms with Crippen molar-refractivity contribution in [3.63, 3.8) is 0 Å². The summed E-state index contributed by atoms with van der Waals surface area (Å²) in [5.74, 6) is -1.73. The zero-order chi connectivity index (χ0) is 23.7. The molecule has 1 aliphatic rings. The molecule has 5 heteroatoms. The number of benzene rings is 3. The third-order valence-corrected chi connectivity index (χ3v) is 6.30. The summed E-state index contributed by atoms with van der Waals surface area (Å²) in [4.78, 5) is 12.5. The molecule has 2 atom stereocenters. The van der Waals surface area contributed by atoms with E-state index in [0.717, 1.165) is 47.4 Å². The summed E-state index contributed by atoms with van der Waals surface area (Å²) in [5, 5.41) is 0. The fourth-order valence-corrected chi connectivity index (χ4v) is 4.40. The van der Waals surface area contributed by atoms with Gasteiger partial charge >= 0.3 is 5.97 Å². The molecule has 0 N–H and O–H groups in total. The lowest BCUT2D eigenvalue weighted by atomic mass is 9.89. The van der Waals surface area contributed by atoms with E-state index >= 15 is 0 Å². The van der Waals surface area contributed by atoms with Gasteiger partial charge in [0.25, 0.3) is 0 Å². The van der Waals surface area contributed by atoms with Gasteiger partial charge in [-0.25, -0.2) is 13.6 Å². The van der Waals surface area contributed by atoms with Gasteiger partial charge in [-0.3, -0.25) is 0 Å². The molecule has 3 aromatic carbocycles. The number of hydrogen-bond acceptors (Lipinski definition) is 3. The Balaban J connectivity index is 1.52. The second kappa shape index (κ2) is 9.44. The van der Waals surface area contributed by atoms with E-state index < -0.39 is 17.6 Å². The fourth-order valence-electron chi connectivity index (χ4n) is 4.40. The summed E-state index contributed by atoms with van der Waals surface area (Å²) >= 11 is 0. The predicted molar refractivity (Wildman–Crippen MR) is 124 cm³/mol. The predicted octanol–water partition coefficient (Wildman–Crippen LogP) is 7.26. The number of hydrogen-bond donors (Lipinski definition) is 0. The first-order valence-corrected chi connectivity index (χ1v) is 11.2. The van der Waals surface area contributed by atoms with Crippen LogP contribution in [0.5, 0.6) is 5.75 Å². The number of esters is 1. The summed E-state index contributed by atoms with van der Waals surface area (Å²) in [7, 11) is 0. The van der Waals surface area contributed by atoms with Crippen molar-refractivity contribution in [2.24, 2.45) is 5.92 Å². The number of halogens is 2. The van der Waals surface area contributed by atoms with Crippen molar-refractivity contribution in [2.45, 2.75) is 46.6 Å². The highest BCUT2D eigenvalue weighted by Gasteiger charge is 2.22. The minimum absolute atomic E-state index is 0.111. The van der Waals surface area contributed by atoms with E-state index in [1.807, 2.05) is 12.1 Å². The minimum Gasteiger partial charge on any atom is -0.423 e. The first kappa shape index (κ1) is 23.1. The van der Waals surface area contributed by atoms with Crippen molar-refractivity contribution < 1.29 is 23.0 Å². The number of rotatable bonds is 4. The molecule has 4 rings (SSSR count). The molecule has 0 aliphatic carbocycles. The Labute approximate surface area is 193 Å². The summed E-state index contributed by atoms with van der Waals surface area (Å²) in [6.45, 7) is 8.50. The Kier molecular flexibility index (Phi) is 6.61. The molecular weight excluding hydrogens is 422 g/mol. The summed E-state index contributed by atoms with van der Waals surface area (Å²) < 4.78 is 38.7. The summed E-state index contributed by atoms with van der Waals surface area (Å²) in [6.07, 6.45) is 2.34. The molecule has 33 heavy (non-hydrogen) atoms. The minimum atomic E-state index is -0.754. The van der Waals surface area contributed by atoms with Crippen molar-refractivity contribution in [2.75, 3.05) is 6.61 Å². The van der Waals surface area contributed by atoms with Crippen molar-refractivity contribution in [3.05, 3.63) is 88.0 Å². The van der Waals surface area contributed by atoms with Crippen molar-refractivity contribution in [1.29, 1.82) is 0 Å². The second-order valence-corrected chi connectivity index (χ2v) is 9.01. The van der Waals surface area contributed by atoms with Crippen LogP contribution in [-0.4, -0.2) is 12.6 Å². The zero-order valence-electron chi connectivity index (χ0n) is 19.4. The highest BCUT2D eigenvalue weighted by atomic mass is 19.1. The van der Waals surface area contributed by atoms with Crippen LogP contribution in [0.3, 0.4) is 0 Å². The van der Waals surface area contributed by atoms with E-state index in [-0.39, 0.29) is 17.4 Å². The van der Waals surface area contributed by atoms with E-state index in [2.05, 4.69) is 32.9 Å². The van der Waals surface area contributed by atoms with Gasteiger partial charge in [0.1, 0.15) is 17.4 Å². The highest BCUT2D eigenvalue weighted by molar-refractivity contribution is 5.91. The highest BCUT2D eigenvalue weighted by Crippen LogP contribution is 2.35. The number of carbonyl (C=O) groups is 1. The molecule has 0 spiro atoms. The van der Waals surface area contributed by atoms with Gasteiger partial charge in [-0.1, -0.05) is 31.2 Å². The average molecular weight is 451 g/mol. The van der Waals surface area contributed by atoms with Gasteiger partial charge in [0.05, 0.1) is 11.7 Å². The van der Waals surface area contributed by atoms with Gasteiger partial charge < -0.3 is 9.47 Å². The standard InChI is InChI=1S/C28H28F2O3/c1-16-5-10-26(32-15-16)22-11-17(2)27(18(3)12-22)20-6-8-21(9-7-20)28(31)33-23-13-24(29)19(4)25(30)14-23/h6-9,11-14,16,26H,5,10,15H2,1-4H3. The molecule has 3 aromatic rings. The van der Waals surface area contributed by atoms with Crippen LogP contribution in [0.2, 0.25) is 0 Å². The Morgan fingerprint density at radius 3 is 2.09 bits per heavy atom. The molecule has 1 heterocycles. The molecule has 1 saturated heterocycles. The van der Waals surface area contributed by atoms with Gasteiger partial charge in [0.15, 0.2) is 0 Å². The van der Waals surface area contributed by atoms with Crippen LogP contribution >= 0.6 is 0 Å². The maximum Gasteiger partial charge on any atom is 0.343 e. The Bertz CT molecular complexity index is 1130. The van der Waals surface area contributed by atoms with Crippen LogP contribution in [0.25, 0.3) is 11.1 Å². The maximum absolute atomic E-state index is 13.7. The SMILES string of the molecule is Cc1cc(C2CCC(C)CO2)cc(C)c1-c1ccc(C(=O)Oc2cc(F)c(C)c(F)c2)cc1. The van der Waals surface area contributed by atoms with Gasteiger partial charge in [0, 0.05) is 24.3 Å². The lowest BCUT2D eigenvalue weighted by Crippen LogP contribution is -2.18. The van der Waals surface area contributed by atoms with Gasteiger partial charge in [-0.2, -0.15) is 0 Å². The van der Waals surface area contributed by atoms with Crippen LogP contribution < -0.4 is 4.74 Å². The van der Waals surface area contributed by atoms with Crippen molar-refractivity contribution >= 4 is 5.97 Å². The van der Waals surface area contributed by atoms with E-state index in [1.165, 1.54) is 18.9 Å². The third kappa shape index (κ3) is 4.98. The first-order chi connectivity index (χ1) is 15.7. The number of carbonyl (C=O) groups excluding carboxylic acids is 1. The van der Waals surface area contributed by atoms with Gasteiger partial charge in [0.2, 0.25) is 0 Å². The lowest BCUT2D eigenvalue weighted by Gasteiger charge is -2.28. The lowest BCUT2D eigenvalue weighted by molar-refractivity contribution is -0.0124.